The fraction of sp³-hybridized carbons (Fsp3) is 0.800. The van der Waals surface area contributed by atoms with Crippen molar-refractivity contribution in [2.24, 2.45) is 0 Å². The second-order valence-electron chi connectivity index (χ2n) is 7.13. The molecule has 8 heteroatoms. The van der Waals surface area contributed by atoms with Crippen molar-refractivity contribution in [1.82, 2.24) is 5.06 Å². The second-order valence-corrected chi connectivity index (χ2v) is 7.13. The van der Waals surface area contributed by atoms with Gasteiger partial charge in [0.25, 0.3) is 0 Å². The molecule has 0 amide bonds. The van der Waals surface area contributed by atoms with E-state index < -0.39 is 29.8 Å². The van der Waals surface area contributed by atoms with Gasteiger partial charge in [0.2, 0.25) is 0 Å². The third-order valence-electron chi connectivity index (χ3n) is 2.66. The molecule has 134 valence electrons. The van der Waals surface area contributed by atoms with Gasteiger partial charge in [-0.2, -0.15) is 5.06 Å². The fourth-order valence-electron chi connectivity index (χ4n) is 1.42. The van der Waals surface area contributed by atoms with Gasteiger partial charge in [-0.25, -0.2) is 4.79 Å². The number of hydrogen-bond donors (Lipinski definition) is 1. The number of hydroxylamine groups is 2. The van der Waals surface area contributed by atoms with Crippen molar-refractivity contribution in [2.75, 3.05) is 7.05 Å². The first-order valence-electron chi connectivity index (χ1n) is 7.27. The Kier molecular flexibility index (Phi) is 7.66. The molecule has 1 atom stereocenters. The van der Waals surface area contributed by atoms with Gasteiger partial charge in [0.05, 0.1) is 12.8 Å². The maximum absolute atomic E-state index is 11.9. The molecule has 23 heavy (non-hydrogen) atoms. The van der Waals surface area contributed by atoms with Crippen LogP contribution >= 0.6 is 0 Å². The van der Waals surface area contributed by atoms with Crippen molar-refractivity contribution < 1.29 is 33.8 Å². The van der Waals surface area contributed by atoms with Crippen LogP contribution in [0.4, 0.5) is 4.79 Å². The SMILES string of the molecule is CN(O[C@@H](CC(=O)OC(=O)O)CC(=O)OC(C)(C)C)C(C)(C)C. The zero-order valence-corrected chi connectivity index (χ0v) is 14.8. The third kappa shape index (κ3) is 10.6. The lowest BCUT2D eigenvalue weighted by Gasteiger charge is -2.33. The van der Waals surface area contributed by atoms with Gasteiger partial charge < -0.3 is 14.6 Å². The zero-order valence-electron chi connectivity index (χ0n) is 14.8. The van der Waals surface area contributed by atoms with Gasteiger partial charge in [0.1, 0.15) is 11.7 Å². The first-order chi connectivity index (χ1) is 10.2. The monoisotopic (exact) mass is 333 g/mol. The smallest absolute Gasteiger partial charge is 0.460 e. The molecule has 0 spiro atoms. The van der Waals surface area contributed by atoms with Crippen LogP contribution in [0.1, 0.15) is 54.4 Å². The summed E-state index contributed by atoms with van der Waals surface area (Å²) in [5, 5.41) is 9.95. The van der Waals surface area contributed by atoms with Gasteiger partial charge in [-0.15, -0.1) is 0 Å². The Morgan fingerprint density at radius 3 is 1.87 bits per heavy atom. The molecular formula is C15H27NO7. The summed E-state index contributed by atoms with van der Waals surface area (Å²) in [5.74, 6) is -1.54. The quantitative estimate of drug-likeness (QED) is 0.449. The Morgan fingerprint density at radius 1 is 1.00 bits per heavy atom. The molecule has 8 nitrogen and oxygen atoms in total. The van der Waals surface area contributed by atoms with E-state index >= 15 is 0 Å². The summed E-state index contributed by atoms with van der Waals surface area (Å²) < 4.78 is 9.25. The minimum atomic E-state index is -1.70. The molecule has 0 bridgehead atoms. The van der Waals surface area contributed by atoms with Crippen molar-refractivity contribution >= 4 is 18.1 Å². The van der Waals surface area contributed by atoms with Crippen LogP contribution in [0, 0.1) is 0 Å². The lowest BCUT2D eigenvalue weighted by atomic mass is 10.1. The van der Waals surface area contributed by atoms with Crippen molar-refractivity contribution in [3.63, 3.8) is 0 Å². The number of nitrogens with zero attached hydrogens (tertiary/aromatic N) is 1. The lowest BCUT2D eigenvalue weighted by molar-refractivity contribution is -0.231. The molecule has 0 heterocycles. The van der Waals surface area contributed by atoms with E-state index in [0.29, 0.717) is 0 Å². The van der Waals surface area contributed by atoms with Crippen LogP contribution in [0.25, 0.3) is 0 Å². The Hall–Kier alpha value is -1.67. The summed E-state index contributed by atoms with van der Waals surface area (Å²) >= 11 is 0. The molecule has 0 aliphatic heterocycles. The fourth-order valence-corrected chi connectivity index (χ4v) is 1.42. The molecule has 0 rings (SSSR count). The average molecular weight is 333 g/mol. The number of carboxylic acid groups (broad SMARTS) is 1. The molecule has 0 aliphatic carbocycles. The van der Waals surface area contributed by atoms with E-state index in [0.717, 1.165) is 0 Å². The van der Waals surface area contributed by atoms with Gasteiger partial charge in [0.15, 0.2) is 0 Å². The van der Waals surface area contributed by atoms with Crippen LogP contribution in [-0.4, -0.2) is 52.6 Å². The molecule has 0 aromatic heterocycles. The number of esters is 2. The molecule has 0 saturated carbocycles. The molecule has 0 fully saturated rings. The first kappa shape index (κ1) is 21.3. The summed E-state index contributed by atoms with van der Waals surface area (Å²) in [6.45, 7) is 10.8. The Morgan fingerprint density at radius 2 is 1.48 bits per heavy atom. The Labute approximate surface area is 136 Å². The predicted octanol–water partition coefficient (Wildman–Crippen LogP) is 2.36. The maximum atomic E-state index is 11.9. The minimum Gasteiger partial charge on any atom is -0.460 e. The highest BCUT2D eigenvalue weighted by Gasteiger charge is 2.28. The summed E-state index contributed by atoms with van der Waals surface area (Å²) in [4.78, 5) is 39.4. The molecule has 0 aromatic rings. The third-order valence-corrected chi connectivity index (χ3v) is 2.66. The van der Waals surface area contributed by atoms with Crippen LogP contribution in [0.3, 0.4) is 0 Å². The van der Waals surface area contributed by atoms with E-state index in [4.69, 9.17) is 14.7 Å². The van der Waals surface area contributed by atoms with Crippen LogP contribution in [-0.2, 0) is 23.9 Å². The van der Waals surface area contributed by atoms with Crippen molar-refractivity contribution in [2.45, 2.75) is 71.6 Å². The molecule has 0 radical (unpaired) electrons. The summed E-state index contributed by atoms with van der Waals surface area (Å²) in [7, 11) is 1.66. The molecule has 0 aromatic carbocycles. The van der Waals surface area contributed by atoms with Crippen LogP contribution in [0.2, 0.25) is 0 Å². The summed E-state index contributed by atoms with van der Waals surface area (Å²) in [6.07, 6.45) is -3.17. The maximum Gasteiger partial charge on any atom is 0.513 e. The highest BCUT2D eigenvalue weighted by atomic mass is 16.7. The molecule has 0 aliphatic rings. The van der Waals surface area contributed by atoms with E-state index in [1.165, 1.54) is 5.06 Å². The van der Waals surface area contributed by atoms with Crippen molar-refractivity contribution in [1.29, 1.82) is 0 Å². The van der Waals surface area contributed by atoms with Gasteiger partial charge in [-0.1, -0.05) is 0 Å². The molecule has 0 saturated heterocycles. The van der Waals surface area contributed by atoms with Crippen LogP contribution in [0.5, 0.6) is 0 Å². The molecule has 0 unspecified atom stereocenters. The van der Waals surface area contributed by atoms with E-state index in [1.807, 2.05) is 20.8 Å². The number of rotatable bonds is 6. The van der Waals surface area contributed by atoms with Gasteiger partial charge in [-0.05, 0) is 41.5 Å². The van der Waals surface area contributed by atoms with E-state index in [9.17, 15) is 14.4 Å². The number of carbonyl (C=O) groups excluding carboxylic acids is 2. The topological polar surface area (TPSA) is 102 Å². The average Bonchev–Trinajstić information content (AvgIpc) is 2.22. The highest BCUT2D eigenvalue weighted by molar-refractivity contribution is 5.81. The van der Waals surface area contributed by atoms with Crippen LogP contribution < -0.4 is 0 Å². The van der Waals surface area contributed by atoms with E-state index in [-0.39, 0.29) is 18.4 Å². The standard InChI is InChI=1S/C15H27NO7/c1-14(2,3)16(7)23-10(8-11(17)21-13(19)20)9-12(18)22-15(4,5)6/h10H,8-9H2,1-7H3,(H,19,20)/t10-/m0/s1. The first-order valence-corrected chi connectivity index (χ1v) is 7.27. The van der Waals surface area contributed by atoms with E-state index in [1.54, 1.807) is 27.8 Å². The van der Waals surface area contributed by atoms with Crippen LogP contribution in [0.15, 0.2) is 0 Å². The lowest BCUT2D eigenvalue weighted by Crippen LogP contribution is -2.42. The minimum absolute atomic E-state index is 0.202. The number of hydrogen-bond acceptors (Lipinski definition) is 7. The normalized spacial score (nSPS) is 13.6. The second kappa shape index (κ2) is 8.26. The van der Waals surface area contributed by atoms with Gasteiger partial charge in [-0.3, -0.25) is 14.4 Å². The van der Waals surface area contributed by atoms with E-state index in [2.05, 4.69) is 4.74 Å². The largest absolute Gasteiger partial charge is 0.513 e. The Bertz CT molecular complexity index is 434. The van der Waals surface area contributed by atoms with Crippen molar-refractivity contribution in [3.05, 3.63) is 0 Å². The summed E-state index contributed by atoms with van der Waals surface area (Å²) in [6, 6.07) is 0. The Balaban J connectivity index is 4.89. The zero-order chi connectivity index (χ0) is 18.4. The number of ether oxygens (including phenoxy) is 2. The molecular weight excluding hydrogens is 306 g/mol. The molecule has 1 N–H and O–H groups in total. The number of carbonyl (C=O) groups is 3. The predicted molar refractivity (Wildman–Crippen MR) is 81.6 cm³/mol. The van der Waals surface area contributed by atoms with Gasteiger partial charge in [0, 0.05) is 12.6 Å². The highest BCUT2D eigenvalue weighted by Crippen LogP contribution is 2.18. The summed E-state index contributed by atoms with van der Waals surface area (Å²) in [5.41, 5.74) is -1.04. The van der Waals surface area contributed by atoms with Crippen molar-refractivity contribution in [3.8, 4) is 0 Å². The van der Waals surface area contributed by atoms with Gasteiger partial charge >= 0.3 is 18.1 Å².